The van der Waals surface area contributed by atoms with Gasteiger partial charge in [-0.05, 0) is 40.8 Å². The Hall–Kier alpha value is -2.81. The summed E-state index contributed by atoms with van der Waals surface area (Å²) in [7, 11) is 0. The van der Waals surface area contributed by atoms with E-state index in [4.69, 9.17) is 23.2 Å². The van der Waals surface area contributed by atoms with E-state index in [1.807, 2.05) is 108 Å². The molecule has 156 valence electrons. The van der Waals surface area contributed by atoms with Crippen LogP contribution in [-0.2, 0) is 17.9 Å². The Morgan fingerprint density at radius 3 is 2.06 bits per heavy atom. The lowest BCUT2D eigenvalue weighted by Crippen LogP contribution is -2.46. The van der Waals surface area contributed by atoms with Gasteiger partial charge in [0.2, 0.25) is 5.91 Å². The van der Waals surface area contributed by atoms with Crippen LogP contribution in [0.1, 0.15) is 23.1 Å². The van der Waals surface area contributed by atoms with Crippen molar-refractivity contribution in [1.29, 1.82) is 0 Å². The molecule has 1 atom stereocenters. The van der Waals surface area contributed by atoms with E-state index in [0.29, 0.717) is 24.5 Å². The minimum Gasteiger partial charge on any atom is -0.332 e. The number of rotatable bonds is 6. The molecular formula is C27H23Cl2NO. The molecule has 4 rings (SSSR count). The zero-order valence-electron chi connectivity index (χ0n) is 17.0. The van der Waals surface area contributed by atoms with Gasteiger partial charge in [-0.15, -0.1) is 11.6 Å². The third-order valence-corrected chi connectivity index (χ3v) is 6.17. The van der Waals surface area contributed by atoms with Gasteiger partial charge in [0.25, 0.3) is 0 Å². The first-order valence-electron chi connectivity index (χ1n) is 10.3. The molecule has 31 heavy (non-hydrogen) atoms. The summed E-state index contributed by atoms with van der Waals surface area (Å²) >= 11 is 13.4. The first-order valence-corrected chi connectivity index (χ1v) is 11.0. The SMILES string of the molecule is O=C(N(Cc1ccccc1)Cc1ccccc1)C1(Cl)CC=CC=C1c1cccc(Cl)c1. The Morgan fingerprint density at radius 1 is 0.871 bits per heavy atom. The maximum Gasteiger partial charge on any atom is 0.249 e. The van der Waals surface area contributed by atoms with Crippen LogP contribution in [0, 0.1) is 0 Å². The summed E-state index contributed by atoms with van der Waals surface area (Å²) in [6, 6.07) is 27.5. The van der Waals surface area contributed by atoms with Gasteiger partial charge < -0.3 is 4.90 Å². The normalized spacial score (nSPS) is 17.8. The molecule has 0 saturated heterocycles. The van der Waals surface area contributed by atoms with E-state index in [2.05, 4.69) is 0 Å². The van der Waals surface area contributed by atoms with Gasteiger partial charge in [-0.25, -0.2) is 0 Å². The quantitative estimate of drug-likeness (QED) is 0.376. The second kappa shape index (κ2) is 9.55. The van der Waals surface area contributed by atoms with Crippen LogP contribution in [0.4, 0.5) is 0 Å². The van der Waals surface area contributed by atoms with Crippen molar-refractivity contribution in [2.45, 2.75) is 24.4 Å². The molecule has 0 fully saturated rings. The van der Waals surface area contributed by atoms with E-state index >= 15 is 0 Å². The molecule has 0 saturated carbocycles. The topological polar surface area (TPSA) is 20.3 Å². The van der Waals surface area contributed by atoms with E-state index in [9.17, 15) is 4.79 Å². The van der Waals surface area contributed by atoms with Gasteiger partial charge in [0.1, 0.15) is 0 Å². The molecule has 3 aromatic rings. The molecule has 4 heteroatoms. The molecule has 0 aliphatic heterocycles. The van der Waals surface area contributed by atoms with E-state index in [1.54, 1.807) is 0 Å². The number of amides is 1. The summed E-state index contributed by atoms with van der Waals surface area (Å²) in [4.78, 5) is 14.6. The second-order valence-corrected chi connectivity index (χ2v) is 8.74. The van der Waals surface area contributed by atoms with Crippen molar-refractivity contribution in [3.8, 4) is 0 Å². The van der Waals surface area contributed by atoms with Crippen LogP contribution in [0.15, 0.2) is 103 Å². The number of carbonyl (C=O) groups is 1. The first kappa shape index (κ1) is 21.4. The maximum absolute atomic E-state index is 14.0. The smallest absolute Gasteiger partial charge is 0.249 e. The van der Waals surface area contributed by atoms with Crippen LogP contribution in [0.3, 0.4) is 0 Å². The maximum atomic E-state index is 14.0. The molecule has 0 heterocycles. The lowest BCUT2D eigenvalue weighted by molar-refractivity contribution is -0.133. The lowest BCUT2D eigenvalue weighted by atomic mass is 9.84. The standard InChI is InChI=1S/C27H23Cl2NO/c28-24-15-9-14-23(18-24)25-16-7-8-17-27(25,29)26(31)30(19-21-10-3-1-4-11-21)20-22-12-5-2-6-13-22/h1-16,18H,17,19-20H2. The molecule has 1 amide bonds. The second-order valence-electron chi connectivity index (χ2n) is 7.66. The van der Waals surface area contributed by atoms with Crippen molar-refractivity contribution in [3.63, 3.8) is 0 Å². The molecule has 1 unspecified atom stereocenters. The zero-order valence-corrected chi connectivity index (χ0v) is 18.6. The van der Waals surface area contributed by atoms with Gasteiger partial charge >= 0.3 is 0 Å². The van der Waals surface area contributed by atoms with Gasteiger partial charge in [-0.1, -0.05) is 103 Å². The molecule has 1 aliphatic carbocycles. The Labute approximate surface area is 193 Å². The largest absolute Gasteiger partial charge is 0.332 e. The van der Waals surface area contributed by atoms with Crippen molar-refractivity contribution in [3.05, 3.63) is 125 Å². The highest BCUT2D eigenvalue weighted by Gasteiger charge is 2.43. The first-order chi connectivity index (χ1) is 15.1. The predicted octanol–water partition coefficient (Wildman–Crippen LogP) is 6.89. The molecule has 0 radical (unpaired) electrons. The van der Waals surface area contributed by atoms with Crippen LogP contribution >= 0.6 is 23.2 Å². The molecule has 0 spiro atoms. The van der Waals surface area contributed by atoms with E-state index < -0.39 is 4.87 Å². The number of hydrogen-bond donors (Lipinski definition) is 0. The fraction of sp³-hybridized carbons (Fsp3) is 0.148. The molecular weight excluding hydrogens is 425 g/mol. The Balaban J connectivity index is 1.70. The van der Waals surface area contributed by atoms with Gasteiger partial charge in [0, 0.05) is 18.1 Å². The van der Waals surface area contributed by atoms with Crippen molar-refractivity contribution >= 4 is 34.7 Å². The molecule has 0 bridgehead atoms. The third kappa shape index (κ3) is 4.92. The Morgan fingerprint density at radius 2 is 1.48 bits per heavy atom. The fourth-order valence-corrected chi connectivity index (χ4v) is 4.45. The average molecular weight is 448 g/mol. The number of benzene rings is 3. The minimum absolute atomic E-state index is 0.113. The summed E-state index contributed by atoms with van der Waals surface area (Å²) in [5.41, 5.74) is 3.76. The number of halogens is 2. The highest BCUT2D eigenvalue weighted by atomic mass is 35.5. The summed E-state index contributed by atoms with van der Waals surface area (Å²) in [5, 5.41) is 0.616. The van der Waals surface area contributed by atoms with Crippen LogP contribution in [-0.4, -0.2) is 15.7 Å². The van der Waals surface area contributed by atoms with Crippen molar-refractivity contribution in [2.75, 3.05) is 0 Å². The van der Waals surface area contributed by atoms with Gasteiger partial charge in [-0.3, -0.25) is 4.79 Å². The van der Waals surface area contributed by atoms with Gasteiger partial charge in [0.15, 0.2) is 4.87 Å². The van der Waals surface area contributed by atoms with Crippen LogP contribution in [0.2, 0.25) is 5.02 Å². The van der Waals surface area contributed by atoms with E-state index in [0.717, 1.165) is 22.3 Å². The van der Waals surface area contributed by atoms with Gasteiger partial charge in [0.05, 0.1) is 0 Å². The Bertz CT molecular complexity index is 1070. The number of hydrogen-bond acceptors (Lipinski definition) is 1. The van der Waals surface area contributed by atoms with Crippen molar-refractivity contribution in [2.24, 2.45) is 0 Å². The minimum atomic E-state index is -1.19. The summed E-state index contributed by atoms with van der Waals surface area (Å²) < 4.78 is 0. The number of alkyl halides is 1. The van der Waals surface area contributed by atoms with Gasteiger partial charge in [-0.2, -0.15) is 0 Å². The molecule has 0 aromatic heterocycles. The van der Waals surface area contributed by atoms with E-state index in [1.165, 1.54) is 0 Å². The van der Waals surface area contributed by atoms with Crippen molar-refractivity contribution < 1.29 is 4.79 Å². The molecule has 0 N–H and O–H groups in total. The van der Waals surface area contributed by atoms with Crippen LogP contribution < -0.4 is 0 Å². The number of nitrogens with zero attached hydrogens (tertiary/aromatic N) is 1. The Kier molecular flexibility index (Phi) is 6.60. The van der Waals surface area contributed by atoms with Crippen molar-refractivity contribution in [1.82, 2.24) is 4.90 Å². The highest BCUT2D eigenvalue weighted by Crippen LogP contribution is 2.41. The lowest BCUT2D eigenvalue weighted by Gasteiger charge is -2.35. The number of allylic oxidation sites excluding steroid dienone is 3. The summed E-state index contributed by atoms with van der Waals surface area (Å²) in [5.74, 6) is -0.113. The number of carbonyl (C=O) groups excluding carboxylic acids is 1. The molecule has 2 nitrogen and oxygen atoms in total. The summed E-state index contributed by atoms with van der Waals surface area (Å²) in [6.45, 7) is 0.963. The third-order valence-electron chi connectivity index (χ3n) is 5.42. The van der Waals surface area contributed by atoms with Crippen LogP contribution in [0.5, 0.6) is 0 Å². The highest BCUT2D eigenvalue weighted by molar-refractivity contribution is 6.42. The fourth-order valence-electron chi connectivity index (χ4n) is 3.88. The predicted molar refractivity (Wildman–Crippen MR) is 129 cm³/mol. The average Bonchev–Trinajstić information content (AvgIpc) is 2.80. The summed E-state index contributed by atoms with van der Waals surface area (Å²) in [6.07, 6.45) is 6.24. The molecule has 1 aliphatic rings. The van der Waals surface area contributed by atoms with Crippen LogP contribution in [0.25, 0.3) is 5.57 Å². The van der Waals surface area contributed by atoms with E-state index in [-0.39, 0.29) is 5.91 Å². The monoisotopic (exact) mass is 447 g/mol. The molecule has 3 aromatic carbocycles. The zero-order chi connectivity index (χ0) is 21.7.